The summed E-state index contributed by atoms with van der Waals surface area (Å²) in [4.78, 5) is 15.6. The second-order valence-corrected chi connectivity index (χ2v) is 10.9. The summed E-state index contributed by atoms with van der Waals surface area (Å²) in [5.41, 5.74) is 5.05. The monoisotopic (exact) mass is 526 g/mol. The number of carbonyl (C=O) groups is 1. The molecule has 1 aliphatic rings. The summed E-state index contributed by atoms with van der Waals surface area (Å²) in [6, 6.07) is 28.3. The van der Waals surface area contributed by atoms with Crippen molar-refractivity contribution in [3.63, 3.8) is 0 Å². The standard InChI is InChI=1S/C31H33N3O3S/c1-33(2)21-25-13-8-14-28-27(25)17-18-29(28)32-31(35)20-30(23-10-4-3-5-11-23)34(38(36)37)26-16-15-22-9-6-7-12-24(22)19-26/h3-16,19,29-30H,17-18,20-21H2,1-2H3,(H,32,35)(H,36,37)/p-1. The van der Waals surface area contributed by atoms with E-state index >= 15 is 0 Å². The first kappa shape index (κ1) is 26.1. The fourth-order valence-electron chi connectivity index (χ4n) is 5.49. The van der Waals surface area contributed by atoms with Gasteiger partial charge in [0.05, 0.1) is 18.5 Å². The van der Waals surface area contributed by atoms with E-state index in [4.69, 9.17) is 0 Å². The molecule has 1 N–H and O–H groups in total. The molecule has 0 spiro atoms. The molecule has 1 aliphatic carbocycles. The van der Waals surface area contributed by atoms with Gasteiger partial charge in [-0.15, -0.1) is 0 Å². The molecule has 0 saturated heterocycles. The van der Waals surface area contributed by atoms with Crippen molar-refractivity contribution in [2.24, 2.45) is 0 Å². The number of rotatable bonds is 9. The molecule has 0 fully saturated rings. The topological polar surface area (TPSA) is 75.7 Å². The Kier molecular flexibility index (Phi) is 7.88. The van der Waals surface area contributed by atoms with Crippen LogP contribution in [0.4, 0.5) is 5.69 Å². The van der Waals surface area contributed by atoms with Crippen molar-refractivity contribution in [3.8, 4) is 0 Å². The molecule has 0 radical (unpaired) electrons. The van der Waals surface area contributed by atoms with Gasteiger partial charge in [-0.1, -0.05) is 78.9 Å². The number of hydrogen-bond acceptors (Lipinski definition) is 4. The number of anilines is 1. The van der Waals surface area contributed by atoms with Crippen LogP contribution in [-0.4, -0.2) is 33.7 Å². The Hall–Kier alpha value is -3.52. The lowest BCUT2D eigenvalue weighted by atomic mass is 10.0. The van der Waals surface area contributed by atoms with Crippen LogP contribution in [0.5, 0.6) is 0 Å². The first-order valence-corrected chi connectivity index (χ1v) is 13.9. The summed E-state index contributed by atoms with van der Waals surface area (Å²) in [6.45, 7) is 0.857. The quantitative estimate of drug-likeness (QED) is 0.295. The maximum atomic E-state index is 13.5. The van der Waals surface area contributed by atoms with Crippen molar-refractivity contribution in [2.75, 3.05) is 18.4 Å². The molecule has 0 aromatic heterocycles. The molecule has 4 aromatic carbocycles. The molecule has 0 aliphatic heterocycles. The maximum Gasteiger partial charge on any atom is 0.222 e. The van der Waals surface area contributed by atoms with Crippen LogP contribution in [0, 0.1) is 0 Å². The molecule has 4 aromatic rings. The van der Waals surface area contributed by atoms with E-state index in [1.807, 2.05) is 66.7 Å². The van der Waals surface area contributed by atoms with Crippen LogP contribution in [0.2, 0.25) is 0 Å². The minimum Gasteiger partial charge on any atom is -0.755 e. The molecule has 3 atom stereocenters. The zero-order valence-electron chi connectivity index (χ0n) is 21.7. The van der Waals surface area contributed by atoms with Crippen LogP contribution in [-0.2, 0) is 29.0 Å². The minimum atomic E-state index is -2.59. The van der Waals surface area contributed by atoms with Gasteiger partial charge in [0.1, 0.15) is 0 Å². The van der Waals surface area contributed by atoms with Crippen molar-refractivity contribution >= 4 is 33.6 Å². The molecule has 5 rings (SSSR count). The molecule has 7 heteroatoms. The molecular formula is C31H32N3O3S-. The van der Waals surface area contributed by atoms with Crippen molar-refractivity contribution in [2.45, 2.75) is 37.9 Å². The number of benzene rings is 4. The first-order chi connectivity index (χ1) is 18.4. The van der Waals surface area contributed by atoms with E-state index in [1.165, 1.54) is 15.4 Å². The molecule has 196 valence electrons. The normalized spacial score (nSPS) is 16.3. The summed E-state index contributed by atoms with van der Waals surface area (Å²) in [6.07, 6.45) is 1.76. The number of nitrogens with zero attached hydrogens (tertiary/aromatic N) is 2. The summed E-state index contributed by atoms with van der Waals surface area (Å²) < 4.78 is 26.6. The maximum absolute atomic E-state index is 13.5. The van der Waals surface area contributed by atoms with Gasteiger partial charge in [-0.2, -0.15) is 0 Å². The average molecular weight is 527 g/mol. The second kappa shape index (κ2) is 11.5. The van der Waals surface area contributed by atoms with Gasteiger partial charge in [0.25, 0.3) is 0 Å². The highest BCUT2D eigenvalue weighted by Gasteiger charge is 2.29. The van der Waals surface area contributed by atoms with E-state index in [1.54, 1.807) is 6.07 Å². The van der Waals surface area contributed by atoms with E-state index in [0.29, 0.717) is 5.69 Å². The van der Waals surface area contributed by atoms with Gasteiger partial charge in [0.2, 0.25) is 5.91 Å². The van der Waals surface area contributed by atoms with Gasteiger partial charge in [-0.25, -0.2) is 0 Å². The third kappa shape index (κ3) is 5.65. The third-order valence-electron chi connectivity index (χ3n) is 7.18. The lowest BCUT2D eigenvalue weighted by molar-refractivity contribution is -0.122. The van der Waals surface area contributed by atoms with Gasteiger partial charge < -0.3 is 14.8 Å². The SMILES string of the molecule is CN(C)Cc1cccc2c1CCC2NC(=O)CC(c1ccccc1)N(c1ccc2ccccc2c1)S(=O)[O-]. The summed E-state index contributed by atoms with van der Waals surface area (Å²) in [5.74, 6) is -0.175. The van der Waals surface area contributed by atoms with Crippen LogP contribution < -0.4 is 9.62 Å². The van der Waals surface area contributed by atoms with Crippen LogP contribution in [0.1, 0.15) is 47.2 Å². The van der Waals surface area contributed by atoms with Gasteiger partial charge in [-0.05, 0) is 72.1 Å². The van der Waals surface area contributed by atoms with E-state index in [2.05, 4.69) is 42.5 Å². The van der Waals surface area contributed by atoms with E-state index in [-0.39, 0.29) is 18.4 Å². The Morgan fingerprint density at radius 2 is 1.71 bits per heavy atom. The zero-order chi connectivity index (χ0) is 26.6. The number of amides is 1. The predicted molar refractivity (Wildman–Crippen MR) is 152 cm³/mol. The predicted octanol–water partition coefficient (Wildman–Crippen LogP) is 5.44. The Morgan fingerprint density at radius 1 is 0.974 bits per heavy atom. The third-order valence-corrected chi connectivity index (χ3v) is 7.97. The van der Waals surface area contributed by atoms with Crippen LogP contribution in [0.15, 0.2) is 91.0 Å². The van der Waals surface area contributed by atoms with Crippen molar-refractivity contribution in [3.05, 3.63) is 113 Å². The molecule has 0 heterocycles. The molecule has 1 amide bonds. The zero-order valence-corrected chi connectivity index (χ0v) is 22.5. The number of fused-ring (bicyclic) bond motifs is 2. The molecular weight excluding hydrogens is 494 g/mol. The van der Waals surface area contributed by atoms with E-state index in [0.717, 1.165) is 41.3 Å². The first-order valence-electron chi connectivity index (χ1n) is 12.9. The average Bonchev–Trinajstić information content (AvgIpc) is 3.32. The molecule has 6 nitrogen and oxygen atoms in total. The lowest BCUT2D eigenvalue weighted by Crippen LogP contribution is -2.36. The van der Waals surface area contributed by atoms with Crippen LogP contribution in [0.25, 0.3) is 10.8 Å². The second-order valence-electron chi connectivity index (χ2n) is 10.1. The number of carbonyl (C=O) groups excluding carboxylic acids is 1. The molecule has 0 saturated carbocycles. The lowest BCUT2D eigenvalue weighted by Gasteiger charge is -2.35. The highest BCUT2D eigenvalue weighted by atomic mass is 32.2. The largest absolute Gasteiger partial charge is 0.755 e. The summed E-state index contributed by atoms with van der Waals surface area (Å²) in [7, 11) is 4.11. The molecule has 3 unspecified atom stereocenters. The molecule has 38 heavy (non-hydrogen) atoms. The summed E-state index contributed by atoms with van der Waals surface area (Å²) >= 11 is -2.59. The van der Waals surface area contributed by atoms with Crippen molar-refractivity contribution in [1.29, 1.82) is 0 Å². The Bertz CT molecular complexity index is 1460. The van der Waals surface area contributed by atoms with Crippen molar-refractivity contribution in [1.82, 2.24) is 10.2 Å². The van der Waals surface area contributed by atoms with E-state index < -0.39 is 17.3 Å². The fraction of sp³-hybridized carbons (Fsp3) is 0.258. The van der Waals surface area contributed by atoms with Gasteiger partial charge >= 0.3 is 0 Å². The Balaban J connectivity index is 1.42. The Morgan fingerprint density at radius 3 is 2.45 bits per heavy atom. The number of hydrogen-bond donors (Lipinski definition) is 1. The van der Waals surface area contributed by atoms with Crippen LogP contribution in [0.3, 0.4) is 0 Å². The van der Waals surface area contributed by atoms with Crippen molar-refractivity contribution < 1.29 is 13.6 Å². The van der Waals surface area contributed by atoms with E-state index in [9.17, 15) is 13.6 Å². The number of nitrogens with one attached hydrogen (secondary N) is 1. The van der Waals surface area contributed by atoms with Gasteiger partial charge in [0.15, 0.2) is 0 Å². The van der Waals surface area contributed by atoms with Crippen LogP contribution >= 0.6 is 0 Å². The van der Waals surface area contributed by atoms with Gasteiger partial charge in [-0.3, -0.25) is 13.3 Å². The Labute approximate surface area is 226 Å². The van der Waals surface area contributed by atoms with Gasteiger partial charge in [0, 0.05) is 23.5 Å². The minimum absolute atomic E-state index is 0.00798. The highest BCUT2D eigenvalue weighted by molar-refractivity contribution is 7.80. The highest BCUT2D eigenvalue weighted by Crippen LogP contribution is 2.36. The smallest absolute Gasteiger partial charge is 0.222 e. The summed E-state index contributed by atoms with van der Waals surface area (Å²) in [5, 5.41) is 5.17. The fourth-order valence-corrected chi connectivity index (χ4v) is 6.18. The molecule has 0 bridgehead atoms.